The third kappa shape index (κ3) is 5.58. The minimum atomic E-state index is -0.545. The molecule has 0 amide bonds. The quantitative estimate of drug-likeness (QED) is 0.235. The summed E-state index contributed by atoms with van der Waals surface area (Å²) in [5.74, 6) is 0.555. The van der Waals surface area contributed by atoms with Gasteiger partial charge in [0.25, 0.3) is 0 Å². The van der Waals surface area contributed by atoms with Gasteiger partial charge in [-0.25, -0.2) is 9.79 Å². The average molecular weight is 547 g/mol. The zero-order valence-corrected chi connectivity index (χ0v) is 20.6. The molecule has 8 heteroatoms. The Hall–Kier alpha value is -2.80. The van der Waals surface area contributed by atoms with E-state index in [1.807, 2.05) is 49.4 Å². The van der Waals surface area contributed by atoms with Crippen LogP contribution in [0.5, 0.6) is 11.5 Å². The molecule has 0 fully saturated rings. The van der Waals surface area contributed by atoms with Crippen LogP contribution < -0.4 is 9.47 Å². The summed E-state index contributed by atoms with van der Waals surface area (Å²) in [5, 5.41) is 0.969. The SMILES string of the molecule is CCOc1cc(/C=C2\N=C(c3ccccc3Br)OC2=O)cc(Cl)c1OCc1cccc(Cl)c1. The van der Waals surface area contributed by atoms with Crippen molar-refractivity contribution in [2.24, 2.45) is 4.99 Å². The number of cyclic esters (lactones) is 1. The van der Waals surface area contributed by atoms with E-state index in [1.165, 1.54) is 0 Å². The van der Waals surface area contributed by atoms with E-state index < -0.39 is 5.97 Å². The number of hydrogen-bond acceptors (Lipinski definition) is 5. The fraction of sp³-hybridized carbons (Fsp3) is 0.120. The van der Waals surface area contributed by atoms with Crippen LogP contribution >= 0.6 is 39.1 Å². The summed E-state index contributed by atoms with van der Waals surface area (Å²) in [6, 6.07) is 18.2. The lowest BCUT2D eigenvalue weighted by molar-refractivity contribution is -0.129. The van der Waals surface area contributed by atoms with Gasteiger partial charge in [0.1, 0.15) is 6.61 Å². The number of nitrogens with zero attached hydrogens (tertiary/aromatic N) is 1. The van der Waals surface area contributed by atoms with Crippen LogP contribution in [-0.2, 0) is 16.1 Å². The van der Waals surface area contributed by atoms with Crippen molar-refractivity contribution in [2.45, 2.75) is 13.5 Å². The fourth-order valence-corrected chi connectivity index (χ4v) is 4.11. The predicted octanol–water partition coefficient (Wildman–Crippen LogP) is 7.08. The summed E-state index contributed by atoms with van der Waals surface area (Å²) in [6.07, 6.45) is 1.60. The van der Waals surface area contributed by atoms with Crippen LogP contribution in [0.1, 0.15) is 23.6 Å². The normalized spacial score (nSPS) is 14.2. The zero-order valence-electron chi connectivity index (χ0n) is 17.5. The van der Waals surface area contributed by atoms with Crippen molar-refractivity contribution < 1.29 is 19.0 Å². The number of carbonyl (C=O) groups excluding carboxylic acids is 1. The van der Waals surface area contributed by atoms with Crippen molar-refractivity contribution in [2.75, 3.05) is 6.61 Å². The molecule has 0 bridgehead atoms. The molecule has 5 nitrogen and oxygen atoms in total. The van der Waals surface area contributed by atoms with E-state index in [-0.39, 0.29) is 18.2 Å². The topological polar surface area (TPSA) is 57.1 Å². The Morgan fingerprint density at radius 2 is 1.88 bits per heavy atom. The Morgan fingerprint density at radius 1 is 1.06 bits per heavy atom. The largest absolute Gasteiger partial charge is 0.490 e. The molecular formula is C25H18BrCl2NO4. The lowest BCUT2D eigenvalue weighted by Crippen LogP contribution is -2.05. The first-order chi connectivity index (χ1) is 15.9. The molecule has 0 N–H and O–H groups in total. The molecule has 1 aliphatic heterocycles. The Kier molecular flexibility index (Phi) is 7.38. The van der Waals surface area contributed by atoms with Crippen LogP contribution in [-0.4, -0.2) is 18.5 Å². The van der Waals surface area contributed by atoms with Crippen molar-refractivity contribution in [3.8, 4) is 11.5 Å². The van der Waals surface area contributed by atoms with Crippen LogP contribution in [0.3, 0.4) is 0 Å². The Balaban J connectivity index is 1.62. The van der Waals surface area contributed by atoms with Gasteiger partial charge in [-0.2, -0.15) is 0 Å². The van der Waals surface area contributed by atoms with Gasteiger partial charge in [-0.3, -0.25) is 0 Å². The van der Waals surface area contributed by atoms with E-state index in [2.05, 4.69) is 20.9 Å². The maximum atomic E-state index is 12.4. The molecule has 0 saturated heterocycles. The van der Waals surface area contributed by atoms with Gasteiger partial charge in [-0.15, -0.1) is 0 Å². The van der Waals surface area contributed by atoms with E-state index in [0.29, 0.717) is 39.3 Å². The van der Waals surface area contributed by atoms with Gasteiger partial charge in [-0.1, -0.05) is 47.5 Å². The Labute approximate surface area is 209 Å². The number of benzene rings is 3. The number of ether oxygens (including phenoxy) is 3. The number of hydrogen-bond donors (Lipinski definition) is 0. The second kappa shape index (κ2) is 10.4. The van der Waals surface area contributed by atoms with Crippen LogP contribution in [0, 0.1) is 0 Å². The molecular weight excluding hydrogens is 529 g/mol. The van der Waals surface area contributed by atoms with Crippen molar-refractivity contribution in [1.29, 1.82) is 0 Å². The summed E-state index contributed by atoms with van der Waals surface area (Å²) >= 11 is 16.0. The van der Waals surface area contributed by atoms with E-state index in [0.717, 1.165) is 10.0 Å². The molecule has 1 heterocycles. The van der Waals surface area contributed by atoms with E-state index in [1.54, 1.807) is 24.3 Å². The number of esters is 1. The highest BCUT2D eigenvalue weighted by Gasteiger charge is 2.25. The monoisotopic (exact) mass is 545 g/mol. The molecule has 0 saturated carbocycles. The molecule has 0 atom stereocenters. The molecule has 168 valence electrons. The van der Waals surface area contributed by atoms with Crippen molar-refractivity contribution in [1.82, 2.24) is 0 Å². The molecule has 0 unspecified atom stereocenters. The van der Waals surface area contributed by atoms with E-state index in [9.17, 15) is 4.79 Å². The smallest absolute Gasteiger partial charge is 0.363 e. The number of halogens is 3. The highest BCUT2D eigenvalue weighted by atomic mass is 79.9. The molecule has 1 aliphatic rings. The first kappa shape index (κ1) is 23.4. The first-order valence-corrected chi connectivity index (χ1v) is 11.6. The maximum Gasteiger partial charge on any atom is 0.363 e. The number of aliphatic imine (C=N–C) groups is 1. The molecule has 0 spiro atoms. The van der Waals surface area contributed by atoms with Gasteiger partial charge < -0.3 is 14.2 Å². The second-order valence-electron chi connectivity index (χ2n) is 7.00. The summed E-state index contributed by atoms with van der Waals surface area (Å²) in [5.41, 5.74) is 2.37. The van der Waals surface area contributed by atoms with Crippen molar-refractivity contribution in [3.63, 3.8) is 0 Å². The number of rotatable bonds is 7. The van der Waals surface area contributed by atoms with Gasteiger partial charge in [0.2, 0.25) is 5.90 Å². The summed E-state index contributed by atoms with van der Waals surface area (Å²) < 4.78 is 17.8. The molecule has 4 rings (SSSR count). The van der Waals surface area contributed by atoms with Crippen LogP contribution in [0.2, 0.25) is 10.0 Å². The summed E-state index contributed by atoms with van der Waals surface area (Å²) in [7, 11) is 0. The van der Waals surface area contributed by atoms with E-state index >= 15 is 0 Å². The van der Waals surface area contributed by atoms with Crippen molar-refractivity contribution in [3.05, 3.63) is 97.6 Å². The predicted molar refractivity (Wildman–Crippen MR) is 133 cm³/mol. The van der Waals surface area contributed by atoms with Gasteiger partial charge >= 0.3 is 5.97 Å². The highest BCUT2D eigenvalue weighted by Crippen LogP contribution is 2.38. The zero-order chi connectivity index (χ0) is 23.4. The van der Waals surface area contributed by atoms with Crippen LogP contribution in [0.4, 0.5) is 0 Å². The van der Waals surface area contributed by atoms with Gasteiger partial charge in [0.15, 0.2) is 17.2 Å². The highest BCUT2D eigenvalue weighted by molar-refractivity contribution is 9.10. The van der Waals surface area contributed by atoms with E-state index in [4.69, 9.17) is 37.4 Å². The molecule has 0 aliphatic carbocycles. The molecule has 33 heavy (non-hydrogen) atoms. The van der Waals surface area contributed by atoms with Gasteiger partial charge in [0.05, 0.1) is 17.2 Å². The van der Waals surface area contributed by atoms with Gasteiger partial charge in [-0.05, 0) is 76.5 Å². The van der Waals surface area contributed by atoms with Crippen molar-refractivity contribution >= 4 is 57.1 Å². The standard InChI is InChI=1S/C25H18BrCl2NO4/c1-2-31-22-13-16(11-20(28)23(22)32-14-15-6-5-7-17(27)10-15)12-21-25(30)33-24(29-21)18-8-3-4-9-19(18)26/h3-13H,2,14H2,1H3/b21-12-. The minimum absolute atomic E-state index is 0.159. The lowest BCUT2D eigenvalue weighted by Gasteiger charge is -2.14. The summed E-state index contributed by atoms with van der Waals surface area (Å²) in [6.45, 7) is 2.55. The lowest BCUT2D eigenvalue weighted by atomic mass is 10.1. The second-order valence-corrected chi connectivity index (χ2v) is 8.70. The molecule has 3 aromatic rings. The fourth-order valence-electron chi connectivity index (χ4n) is 3.17. The maximum absolute atomic E-state index is 12.4. The third-order valence-corrected chi connectivity index (χ3v) is 5.84. The average Bonchev–Trinajstić information content (AvgIpc) is 3.13. The Bertz CT molecular complexity index is 1270. The molecule has 0 radical (unpaired) electrons. The summed E-state index contributed by atoms with van der Waals surface area (Å²) in [4.78, 5) is 16.8. The molecule has 0 aromatic heterocycles. The van der Waals surface area contributed by atoms with Gasteiger partial charge in [0, 0.05) is 9.50 Å². The van der Waals surface area contributed by atoms with Crippen LogP contribution in [0.15, 0.2) is 75.8 Å². The van der Waals surface area contributed by atoms with Crippen LogP contribution in [0.25, 0.3) is 6.08 Å². The minimum Gasteiger partial charge on any atom is -0.490 e. The number of carbonyl (C=O) groups is 1. The third-order valence-electron chi connectivity index (χ3n) is 4.63. The molecule has 3 aromatic carbocycles. The Morgan fingerprint density at radius 3 is 2.64 bits per heavy atom. The first-order valence-electron chi connectivity index (χ1n) is 10.1.